The zero-order chi connectivity index (χ0) is 19.2. The Labute approximate surface area is 159 Å². The molecule has 0 unspecified atom stereocenters. The number of halogens is 1. The van der Waals surface area contributed by atoms with Crippen LogP contribution in [-0.4, -0.2) is 27.1 Å². The smallest absolute Gasteiger partial charge is 0.318 e. The Balaban J connectivity index is 1.73. The van der Waals surface area contributed by atoms with Gasteiger partial charge in [-0.3, -0.25) is 4.98 Å². The van der Waals surface area contributed by atoms with E-state index in [9.17, 15) is 14.3 Å². The summed E-state index contributed by atoms with van der Waals surface area (Å²) in [6, 6.07) is 9.51. The lowest BCUT2D eigenvalue weighted by Crippen LogP contribution is -2.47. The van der Waals surface area contributed by atoms with Gasteiger partial charge in [0.2, 0.25) is 0 Å². The fraction of sp³-hybridized carbons (Fsp3) is 0.429. The van der Waals surface area contributed by atoms with Crippen molar-refractivity contribution in [1.29, 1.82) is 0 Å². The number of rotatable bonds is 5. The fourth-order valence-corrected chi connectivity index (χ4v) is 3.57. The van der Waals surface area contributed by atoms with E-state index in [1.54, 1.807) is 12.3 Å². The molecular formula is C21H26FN3O2. The standard InChI is InChI=1S/C21H26FN3O2/c1-15(16-10-11-20(26)19(22)13-16)24-21(27)25(18-8-3-2-4-9-18)14-17-7-5-6-12-23-17/h5-7,10-13,15,18,26H,2-4,8-9,14H2,1H3,(H,24,27)/t15-/m1/s1. The third-order valence-corrected chi connectivity index (χ3v) is 5.15. The van der Waals surface area contributed by atoms with Gasteiger partial charge in [-0.25, -0.2) is 9.18 Å². The summed E-state index contributed by atoms with van der Waals surface area (Å²) in [7, 11) is 0. The summed E-state index contributed by atoms with van der Waals surface area (Å²) in [5.74, 6) is -1.08. The number of nitrogens with one attached hydrogen (secondary N) is 1. The molecule has 27 heavy (non-hydrogen) atoms. The van der Waals surface area contributed by atoms with E-state index >= 15 is 0 Å². The first-order valence-electron chi connectivity index (χ1n) is 9.50. The molecule has 144 valence electrons. The van der Waals surface area contributed by atoms with Crippen LogP contribution >= 0.6 is 0 Å². The van der Waals surface area contributed by atoms with Crippen LogP contribution in [0.3, 0.4) is 0 Å². The second kappa shape index (κ2) is 8.84. The van der Waals surface area contributed by atoms with Crippen molar-refractivity contribution in [2.45, 2.75) is 57.7 Å². The number of amides is 2. The minimum Gasteiger partial charge on any atom is -0.505 e. The average molecular weight is 371 g/mol. The van der Waals surface area contributed by atoms with Crippen molar-refractivity contribution >= 4 is 6.03 Å². The molecule has 1 aromatic carbocycles. The maximum Gasteiger partial charge on any atom is 0.318 e. The Kier molecular flexibility index (Phi) is 6.27. The highest BCUT2D eigenvalue weighted by Crippen LogP contribution is 2.25. The molecule has 0 bridgehead atoms. The molecule has 1 aliphatic carbocycles. The number of carbonyl (C=O) groups excluding carboxylic acids is 1. The lowest BCUT2D eigenvalue weighted by atomic mass is 9.94. The highest BCUT2D eigenvalue weighted by Gasteiger charge is 2.27. The topological polar surface area (TPSA) is 65.5 Å². The van der Waals surface area contributed by atoms with Crippen molar-refractivity contribution in [3.8, 4) is 5.75 Å². The zero-order valence-electron chi connectivity index (χ0n) is 15.6. The molecule has 1 saturated carbocycles. The van der Waals surface area contributed by atoms with E-state index in [2.05, 4.69) is 10.3 Å². The minimum absolute atomic E-state index is 0.173. The van der Waals surface area contributed by atoms with Crippen molar-refractivity contribution in [3.63, 3.8) is 0 Å². The maximum absolute atomic E-state index is 13.6. The van der Waals surface area contributed by atoms with Crippen LogP contribution < -0.4 is 5.32 Å². The molecule has 2 amide bonds. The lowest BCUT2D eigenvalue weighted by molar-refractivity contribution is 0.147. The van der Waals surface area contributed by atoms with E-state index in [0.717, 1.165) is 31.4 Å². The van der Waals surface area contributed by atoms with Crippen LogP contribution in [0, 0.1) is 5.82 Å². The third kappa shape index (κ3) is 4.96. The van der Waals surface area contributed by atoms with Gasteiger partial charge in [-0.1, -0.05) is 31.4 Å². The molecule has 2 aromatic rings. The summed E-state index contributed by atoms with van der Waals surface area (Å²) in [6.45, 7) is 2.26. The average Bonchev–Trinajstić information content (AvgIpc) is 2.69. The quantitative estimate of drug-likeness (QED) is 0.811. The van der Waals surface area contributed by atoms with Crippen LogP contribution in [0.2, 0.25) is 0 Å². The Bertz CT molecular complexity index is 763. The second-order valence-corrected chi connectivity index (χ2v) is 7.12. The number of hydrogen-bond acceptors (Lipinski definition) is 3. The molecule has 5 nitrogen and oxygen atoms in total. The molecule has 0 spiro atoms. The van der Waals surface area contributed by atoms with Crippen LogP contribution in [0.15, 0.2) is 42.6 Å². The molecule has 1 fully saturated rings. The Hall–Kier alpha value is -2.63. The number of nitrogens with zero attached hydrogens (tertiary/aromatic N) is 2. The highest BCUT2D eigenvalue weighted by molar-refractivity contribution is 5.75. The second-order valence-electron chi connectivity index (χ2n) is 7.12. The van der Waals surface area contributed by atoms with Gasteiger partial charge in [0.15, 0.2) is 11.6 Å². The van der Waals surface area contributed by atoms with Crippen molar-refractivity contribution in [2.24, 2.45) is 0 Å². The van der Waals surface area contributed by atoms with Crippen LogP contribution in [0.25, 0.3) is 0 Å². The first-order chi connectivity index (χ1) is 13.0. The van der Waals surface area contributed by atoms with Gasteiger partial charge < -0.3 is 15.3 Å². The molecule has 0 aliphatic heterocycles. The first kappa shape index (κ1) is 19.1. The van der Waals surface area contributed by atoms with E-state index in [1.165, 1.54) is 18.6 Å². The number of benzene rings is 1. The predicted molar refractivity (Wildman–Crippen MR) is 102 cm³/mol. The van der Waals surface area contributed by atoms with Gasteiger partial charge in [0.25, 0.3) is 0 Å². The van der Waals surface area contributed by atoms with E-state index in [1.807, 2.05) is 30.0 Å². The molecule has 1 heterocycles. The number of pyridine rings is 1. The number of aromatic nitrogens is 1. The lowest BCUT2D eigenvalue weighted by Gasteiger charge is -2.35. The molecule has 0 saturated heterocycles. The molecule has 6 heteroatoms. The molecule has 1 aromatic heterocycles. The molecule has 1 atom stereocenters. The number of carbonyl (C=O) groups is 1. The number of hydrogen-bond donors (Lipinski definition) is 2. The summed E-state index contributed by atoms with van der Waals surface area (Å²) < 4.78 is 13.6. The first-order valence-corrected chi connectivity index (χ1v) is 9.50. The van der Waals surface area contributed by atoms with Crippen LogP contribution in [0.5, 0.6) is 5.75 Å². The van der Waals surface area contributed by atoms with E-state index in [4.69, 9.17) is 0 Å². The van der Waals surface area contributed by atoms with Gasteiger partial charge in [-0.15, -0.1) is 0 Å². The van der Waals surface area contributed by atoms with Crippen LogP contribution in [0.1, 0.15) is 56.3 Å². The highest BCUT2D eigenvalue weighted by atomic mass is 19.1. The molecular weight excluding hydrogens is 345 g/mol. The van der Waals surface area contributed by atoms with Gasteiger partial charge in [-0.2, -0.15) is 0 Å². The van der Waals surface area contributed by atoms with Crippen molar-refractivity contribution < 1.29 is 14.3 Å². The Morgan fingerprint density at radius 2 is 2.07 bits per heavy atom. The van der Waals surface area contributed by atoms with Crippen molar-refractivity contribution in [2.75, 3.05) is 0 Å². The Morgan fingerprint density at radius 3 is 2.74 bits per heavy atom. The van der Waals surface area contributed by atoms with Gasteiger partial charge in [0, 0.05) is 12.2 Å². The predicted octanol–water partition coefficient (Wildman–Crippen LogP) is 4.53. The number of phenolic OH excluding ortho intramolecular Hbond substituents is 1. The molecule has 3 rings (SSSR count). The summed E-state index contributed by atoms with van der Waals surface area (Å²) in [4.78, 5) is 19.2. The normalized spacial score (nSPS) is 15.9. The van der Waals surface area contributed by atoms with E-state index in [0.29, 0.717) is 12.1 Å². The summed E-state index contributed by atoms with van der Waals surface area (Å²) in [5, 5.41) is 12.3. The summed E-state index contributed by atoms with van der Waals surface area (Å²) >= 11 is 0. The van der Waals surface area contributed by atoms with Crippen LogP contribution in [0.4, 0.5) is 9.18 Å². The zero-order valence-corrected chi connectivity index (χ0v) is 15.6. The van der Waals surface area contributed by atoms with Gasteiger partial charge in [0.05, 0.1) is 18.3 Å². The van der Waals surface area contributed by atoms with Gasteiger partial charge in [-0.05, 0) is 49.6 Å². The van der Waals surface area contributed by atoms with Crippen LogP contribution in [-0.2, 0) is 6.54 Å². The van der Waals surface area contributed by atoms with Crippen molar-refractivity contribution in [1.82, 2.24) is 15.2 Å². The number of aromatic hydroxyl groups is 1. The largest absolute Gasteiger partial charge is 0.505 e. The number of urea groups is 1. The fourth-order valence-electron chi connectivity index (χ4n) is 3.57. The molecule has 0 radical (unpaired) electrons. The summed E-state index contributed by atoms with van der Waals surface area (Å²) in [5.41, 5.74) is 1.46. The molecule has 1 aliphatic rings. The number of phenols is 1. The minimum atomic E-state index is -0.689. The summed E-state index contributed by atoms with van der Waals surface area (Å²) in [6.07, 6.45) is 7.16. The maximum atomic E-state index is 13.6. The third-order valence-electron chi connectivity index (χ3n) is 5.15. The SMILES string of the molecule is C[C@@H](NC(=O)N(Cc1ccccn1)C1CCCCC1)c1ccc(O)c(F)c1. The molecule has 2 N–H and O–H groups in total. The van der Waals surface area contributed by atoms with E-state index < -0.39 is 11.6 Å². The van der Waals surface area contributed by atoms with Gasteiger partial charge in [0.1, 0.15) is 0 Å². The van der Waals surface area contributed by atoms with E-state index in [-0.39, 0.29) is 18.1 Å². The Morgan fingerprint density at radius 1 is 1.30 bits per heavy atom. The van der Waals surface area contributed by atoms with Crippen molar-refractivity contribution in [3.05, 3.63) is 59.7 Å². The van der Waals surface area contributed by atoms with Gasteiger partial charge >= 0.3 is 6.03 Å². The monoisotopic (exact) mass is 371 g/mol.